The molecule has 1 aliphatic heterocycles. The van der Waals surface area contributed by atoms with Crippen LogP contribution in [-0.2, 0) is 10.0 Å². The van der Waals surface area contributed by atoms with Crippen molar-refractivity contribution in [3.8, 4) is 11.5 Å². The fraction of sp³-hybridized carbons (Fsp3) is 0.294. The third-order valence-corrected chi connectivity index (χ3v) is 5.52. The Kier molecular flexibility index (Phi) is 4.28. The van der Waals surface area contributed by atoms with Gasteiger partial charge in [0.15, 0.2) is 0 Å². The van der Waals surface area contributed by atoms with Gasteiger partial charge in [-0.15, -0.1) is 0 Å². The minimum atomic E-state index is -3.68. The van der Waals surface area contributed by atoms with Gasteiger partial charge in [-0.2, -0.15) is 0 Å². The number of benzene rings is 2. The number of hydrogen-bond acceptors (Lipinski definition) is 5. The monoisotopic (exact) mass is 348 g/mol. The lowest BCUT2D eigenvalue weighted by Gasteiger charge is -2.28. The topological polar surface area (TPSA) is 67.9 Å². The van der Waals surface area contributed by atoms with Gasteiger partial charge in [-0.25, -0.2) is 8.42 Å². The molecule has 0 spiro atoms. The Hall–Kier alpha value is -2.41. The molecule has 0 amide bonds. The molecule has 0 radical (unpaired) electrons. The molecule has 6 nitrogen and oxygen atoms in total. The zero-order chi connectivity index (χ0) is 17.3. The molecule has 0 saturated carbocycles. The van der Waals surface area contributed by atoms with Crippen molar-refractivity contribution in [3.05, 3.63) is 42.0 Å². The minimum Gasteiger partial charge on any atom is -0.497 e. The van der Waals surface area contributed by atoms with E-state index in [1.807, 2.05) is 13.1 Å². The first-order chi connectivity index (χ1) is 11.4. The van der Waals surface area contributed by atoms with E-state index in [2.05, 4.69) is 9.62 Å². The van der Waals surface area contributed by atoms with Crippen LogP contribution in [0.3, 0.4) is 0 Å². The number of rotatable bonds is 4. The summed E-state index contributed by atoms with van der Waals surface area (Å²) in [5, 5.41) is 0. The van der Waals surface area contributed by atoms with E-state index < -0.39 is 10.0 Å². The molecule has 0 aliphatic carbocycles. The molecule has 0 unspecified atom stereocenters. The van der Waals surface area contributed by atoms with E-state index in [1.54, 1.807) is 44.4 Å². The lowest BCUT2D eigenvalue weighted by molar-refractivity contribution is 0.311. The Morgan fingerprint density at radius 1 is 1.21 bits per heavy atom. The van der Waals surface area contributed by atoms with Crippen LogP contribution >= 0.6 is 0 Å². The largest absolute Gasteiger partial charge is 0.497 e. The summed E-state index contributed by atoms with van der Waals surface area (Å²) in [6.07, 6.45) is 0. The number of hydrogen-bond donors (Lipinski definition) is 1. The van der Waals surface area contributed by atoms with Crippen molar-refractivity contribution >= 4 is 21.4 Å². The van der Waals surface area contributed by atoms with E-state index in [4.69, 9.17) is 9.47 Å². The fourth-order valence-electron chi connectivity index (χ4n) is 2.68. The number of nitrogens with zero attached hydrogens (tertiary/aromatic N) is 1. The van der Waals surface area contributed by atoms with Crippen molar-refractivity contribution in [1.29, 1.82) is 0 Å². The fourth-order valence-corrected chi connectivity index (χ4v) is 3.96. The molecule has 0 saturated heterocycles. The highest BCUT2D eigenvalue weighted by Crippen LogP contribution is 2.34. The molecule has 1 heterocycles. The molecule has 1 N–H and O–H groups in total. The number of likely N-dealkylation sites (N-methyl/N-ethyl adjacent to an activating group) is 1. The van der Waals surface area contributed by atoms with Crippen LogP contribution < -0.4 is 19.1 Å². The number of nitrogens with one attached hydrogen (secondary N) is 1. The van der Waals surface area contributed by atoms with E-state index in [0.717, 1.165) is 12.2 Å². The molecule has 0 atom stereocenters. The number of aryl methyl sites for hydroxylation is 1. The van der Waals surface area contributed by atoms with Gasteiger partial charge in [0, 0.05) is 13.1 Å². The number of sulfonamides is 1. The minimum absolute atomic E-state index is 0.221. The molecule has 0 bridgehead atoms. The molecule has 1 aliphatic rings. The average molecular weight is 348 g/mol. The second-order valence-corrected chi connectivity index (χ2v) is 7.34. The molecule has 2 aromatic carbocycles. The molecule has 7 heteroatoms. The number of anilines is 2. The second kappa shape index (κ2) is 6.24. The quantitative estimate of drug-likeness (QED) is 0.920. The molecule has 2 aromatic rings. The zero-order valence-corrected chi connectivity index (χ0v) is 14.7. The Labute approximate surface area is 142 Å². The zero-order valence-electron chi connectivity index (χ0n) is 13.9. The van der Waals surface area contributed by atoms with E-state index in [0.29, 0.717) is 29.4 Å². The maximum Gasteiger partial charge on any atom is 0.262 e. The summed E-state index contributed by atoms with van der Waals surface area (Å²) in [5.74, 6) is 1.30. The number of methoxy groups -OCH3 is 1. The van der Waals surface area contributed by atoms with Gasteiger partial charge in [0.05, 0.1) is 29.9 Å². The molecular formula is C17H20N2O4S. The highest BCUT2D eigenvalue weighted by atomic mass is 32.2. The van der Waals surface area contributed by atoms with E-state index in [-0.39, 0.29) is 4.90 Å². The van der Waals surface area contributed by atoms with Crippen LogP contribution in [0.4, 0.5) is 11.4 Å². The van der Waals surface area contributed by atoms with Crippen molar-refractivity contribution in [1.82, 2.24) is 0 Å². The van der Waals surface area contributed by atoms with Gasteiger partial charge in [-0.3, -0.25) is 4.72 Å². The van der Waals surface area contributed by atoms with Crippen LogP contribution in [0.15, 0.2) is 41.3 Å². The van der Waals surface area contributed by atoms with Crippen molar-refractivity contribution in [2.24, 2.45) is 0 Å². The third kappa shape index (κ3) is 3.12. The Morgan fingerprint density at radius 2 is 2.00 bits per heavy atom. The summed E-state index contributed by atoms with van der Waals surface area (Å²) in [4.78, 5) is 2.30. The highest BCUT2D eigenvalue weighted by Gasteiger charge is 2.20. The standard InChI is InChI=1S/C17H20N2O4S/c1-12-10-14(22-3)5-7-17(12)24(20,21)18-13-4-6-15-16(11-13)23-9-8-19(15)2/h4-7,10-11,18H,8-9H2,1-3H3. The van der Waals surface area contributed by atoms with Crippen LogP contribution in [0, 0.1) is 6.92 Å². The summed E-state index contributed by atoms with van der Waals surface area (Å²) in [7, 11) is -0.159. The van der Waals surface area contributed by atoms with Gasteiger partial charge >= 0.3 is 0 Å². The summed E-state index contributed by atoms with van der Waals surface area (Å²) in [5.41, 5.74) is 2.04. The second-order valence-electron chi connectivity index (χ2n) is 5.69. The molecule has 0 fully saturated rings. The first-order valence-corrected chi connectivity index (χ1v) is 9.04. The highest BCUT2D eigenvalue weighted by molar-refractivity contribution is 7.92. The van der Waals surface area contributed by atoms with Crippen molar-refractivity contribution < 1.29 is 17.9 Å². The molecule has 128 valence electrons. The van der Waals surface area contributed by atoms with Crippen LogP contribution in [0.25, 0.3) is 0 Å². The van der Waals surface area contributed by atoms with Crippen molar-refractivity contribution in [3.63, 3.8) is 0 Å². The van der Waals surface area contributed by atoms with Gasteiger partial charge in [-0.05, 0) is 42.8 Å². The van der Waals surface area contributed by atoms with Gasteiger partial charge in [-0.1, -0.05) is 0 Å². The number of ether oxygens (including phenoxy) is 2. The van der Waals surface area contributed by atoms with Crippen molar-refractivity contribution in [2.75, 3.05) is 36.9 Å². The first kappa shape index (κ1) is 16.4. The van der Waals surface area contributed by atoms with Gasteiger partial charge in [0.25, 0.3) is 10.0 Å². The average Bonchev–Trinajstić information content (AvgIpc) is 2.54. The maximum atomic E-state index is 12.7. The Morgan fingerprint density at radius 3 is 2.71 bits per heavy atom. The van der Waals surface area contributed by atoms with Crippen LogP contribution in [-0.4, -0.2) is 35.7 Å². The lowest BCUT2D eigenvalue weighted by atomic mass is 10.2. The van der Waals surface area contributed by atoms with Crippen LogP contribution in [0.5, 0.6) is 11.5 Å². The first-order valence-electron chi connectivity index (χ1n) is 7.56. The molecule has 24 heavy (non-hydrogen) atoms. The van der Waals surface area contributed by atoms with Gasteiger partial charge in [0.1, 0.15) is 18.1 Å². The van der Waals surface area contributed by atoms with E-state index in [1.165, 1.54) is 0 Å². The van der Waals surface area contributed by atoms with E-state index in [9.17, 15) is 8.42 Å². The van der Waals surface area contributed by atoms with E-state index >= 15 is 0 Å². The Balaban J connectivity index is 1.90. The molecule has 3 rings (SSSR count). The normalized spacial score (nSPS) is 13.9. The molecular weight excluding hydrogens is 328 g/mol. The maximum absolute atomic E-state index is 12.7. The van der Waals surface area contributed by atoms with Gasteiger partial charge < -0.3 is 14.4 Å². The van der Waals surface area contributed by atoms with Crippen LogP contribution in [0.1, 0.15) is 5.56 Å². The summed E-state index contributed by atoms with van der Waals surface area (Å²) >= 11 is 0. The van der Waals surface area contributed by atoms with Crippen molar-refractivity contribution in [2.45, 2.75) is 11.8 Å². The Bertz CT molecular complexity index is 865. The predicted octanol–water partition coefficient (Wildman–Crippen LogP) is 2.63. The predicted molar refractivity (Wildman–Crippen MR) is 93.7 cm³/mol. The summed E-state index contributed by atoms with van der Waals surface area (Å²) in [6.45, 7) is 3.13. The smallest absolute Gasteiger partial charge is 0.262 e. The van der Waals surface area contributed by atoms with Crippen LogP contribution in [0.2, 0.25) is 0 Å². The van der Waals surface area contributed by atoms with Gasteiger partial charge in [0.2, 0.25) is 0 Å². The molecule has 0 aromatic heterocycles. The summed E-state index contributed by atoms with van der Waals surface area (Å²) in [6, 6.07) is 10.2. The third-order valence-electron chi connectivity index (χ3n) is 3.98. The summed E-state index contributed by atoms with van der Waals surface area (Å²) < 4.78 is 38.6. The number of fused-ring (bicyclic) bond motifs is 1. The SMILES string of the molecule is COc1ccc(S(=O)(=O)Nc2ccc3c(c2)OCCN3C)c(C)c1. The lowest BCUT2D eigenvalue weighted by Crippen LogP contribution is -2.28.